The van der Waals surface area contributed by atoms with E-state index in [9.17, 15) is 14.0 Å². The van der Waals surface area contributed by atoms with E-state index in [-0.39, 0.29) is 23.2 Å². The summed E-state index contributed by atoms with van der Waals surface area (Å²) in [5.41, 5.74) is 0.805. The highest BCUT2D eigenvalue weighted by Gasteiger charge is 2.18. The third-order valence-electron chi connectivity index (χ3n) is 4.99. The summed E-state index contributed by atoms with van der Waals surface area (Å²) in [7, 11) is 0. The van der Waals surface area contributed by atoms with Crippen LogP contribution in [0, 0.1) is 5.82 Å². The highest BCUT2D eigenvalue weighted by molar-refractivity contribution is 7.24. The Labute approximate surface area is 174 Å². The number of benzene rings is 3. The molecule has 0 N–H and O–H groups in total. The summed E-state index contributed by atoms with van der Waals surface area (Å²) in [4.78, 5) is 31.7. The quantitative estimate of drug-likeness (QED) is 0.398. The lowest BCUT2D eigenvalue weighted by Crippen LogP contribution is -2.27. The van der Waals surface area contributed by atoms with E-state index in [0.717, 1.165) is 10.3 Å². The van der Waals surface area contributed by atoms with E-state index in [0.29, 0.717) is 21.6 Å². The van der Waals surface area contributed by atoms with Crippen LogP contribution in [0.3, 0.4) is 0 Å². The fourth-order valence-corrected chi connectivity index (χ4v) is 4.56. The highest BCUT2D eigenvalue weighted by Crippen LogP contribution is 2.25. The van der Waals surface area contributed by atoms with Crippen LogP contribution in [0.2, 0.25) is 0 Å². The van der Waals surface area contributed by atoms with Gasteiger partial charge in [-0.05, 0) is 42.0 Å². The minimum Gasteiger partial charge on any atom is -0.288 e. The summed E-state index contributed by atoms with van der Waals surface area (Å²) in [6.45, 7) is 0.256. The van der Waals surface area contributed by atoms with Gasteiger partial charge in [0.15, 0.2) is 0 Å². The molecule has 0 radical (unpaired) electrons. The molecular weight excluding hydrogens is 399 g/mol. The standard InChI is InChI=1S/C24H15FN2O2S/c25-17-12-10-16(11-13-17)22-26-23-20(21(28)18-8-4-5-9-19(18)30-23)24(29)27(22)14-15-6-2-1-3-7-15/h1-13H,14H2. The third kappa shape index (κ3) is 3.11. The molecule has 0 bridgehead atoms. The first-order valence-corrected chi connectivity index (χ1v) is 10.2. The van der Waals surface area contributed by atoms with Crippen LogP contribution in [-0.2, 0) is 6.54 Å². The van der Waals surface area contributed by atoms with Crippen LogP contribution in [0.1, 0.15) is 5.56 Å². The van der Waals surface area contributed by atoms with Crippen LogP contribution in [0.4, 0.5) is 4.39 Å². The zero-order chi connectivity index (χ0) is 20.7. The zero-order valence-electron chi connectivity index (χ0n) is 15.7. The minimum absolute atomic E-state index is 0.0838. The predicted molar refractivity (Wildman–Crippen MR) is 119 cm³/mol. The molecule has 0 fully saturated rings. The molecule has 0 amide bonds. The molecule has 0 spiro atoms. The van der Waals surface area contributed by atoms with E-state index >= 15 is 0 Å². The molecule has 5 aromatic rings. The Bertz CT molecular complexity index is 1510. The van der Waals surface area contributed by atoms with Gasteiger partial charge in [0.2, 0.25) is 5.43 Å². The van der Waals surface area contributed by atoms with E-state index in [4.69, 9.17) is 4.98 Å². The van der Waals surface area contributed by atoms with Gasteiger partial charge in [0.05, 0.1) is 6.54 Å². The van der Waals surface area contributed by atoms with Gasteiger partial charge in [-0.1, -0.05) is 42.5 Å². The van der Waals surface area contributed by atoms with Gasteiger partial charge in [-0.2, -0.15) is 0 Å². The van der Waals surface area contributed by atoms with Crippen LogP contribution in [-0.4, -0.2) is 9.55 Å². The second-order valence-corrected chi connectivity index (χ2v) is 7.96. The number of aromatic nitrogens is 2. The Balaban J connectivity index is 1.86. The summed E-state index contributed by atoms with van der Waals surface area (Å²) in [6, 6.07) is 22.5. The van der Waals surface area contributed by atoms with Crippen LogP contribution in [0.25, 0.3) is 31.7 Å². The Morgan fingerprint density at radius 2 is 1.57 bits per heavy atom. The van der Waals surface area contributed by atoms with Crippen molar-refractivity contribution in [2.45, 2.75) is 6.54 Å². The van der Waals surface area contributed by atoms with Gasteiger partial charge in [0.1, 0.15) is 21.9 Å². The molecule has 6 heteroatoms. The van der Waals surface area contributed by atoms with Gasteiger partial charge in [-0.25, -0.2) is 9.37 Å². The van der Waals surface area contributed by atoms with E-state index in [1.54, 1.807) is 24.3 Å². The van der Waals surface area contributed by atoms with Crippen molar-refractivity contribution >= 4 is 31.6 Å². The van der Waals surface area contributed by atoms with Crippen molar-refractivity contribution in [3.63, 3.8) is 0 Å². The van der Waals surface area contributed by atoms with Crippen molar-refractivity contribution in [2.75, 3.05) is 0 Å². The molecule has 3 aromatic carbocycles. The van der Waals surface area contributed by atoms with E-state index in [2.05, 4.69) is 0 Å². The number of hydrogen-bond donors (Lipinski definition) is 0. The van der Waals surface area contributed by atoms with E-state index < -0.39 is 5.56 Å². The molecule has 0 aliphatic heterocycles. The van der Waals surface area contributed by atoms with Gasteiger partial charge >= 0.3 is 0 Å². The monoisotopic (exact) mass is 414 g/mol. The average molecular weight is 414 g/mol. The number of hydrogen-bond acceptors (Lipinski definition) is 4. The topological polar surface area (TPSA) is 52.0 Å². The predicted octanol–water partition coefficient (Wildman–Crippen LogP) is 4.83. The first-order valence-electron chi connectivity index (χ1n) is 9.38. The lowest BCUT2D eigenvalue weighted by molar-refractivity contribution is 0.628. The highest BCUT2D eigenvalue weighted by atomic mass is 32.1. The third-order valence-corrected chi connectivity index (χ3v) is 6.05. The molecule has 0 saturated heterocycles. The van der Waals surface area contributed by atoms with Crippen LogP contribution >= 0.6 is 11.3 Å². The molecule has 0 saturated carbocycles. The summed E-state index contributed by atoms with van der Waals surface area (Å²) in [6.07, 6.45) is 0. The molecular formula is C24H15FN2O2S. The lowest BCUT2D eigenvalue weighted by Gasteiger charge is -2.14. The number of halogens is 1. The van der Waals surface area contributed by atoms with Crippen LogP contribution in [0.5, 0.6) is 0 Å². The van der Waals surface area contributed by atoms with Crippen molar-refractivity contribution in [3.05, 3.63) is 111 Å². The molecule has 2 aromatic heterocycles. The minimum atomic E-state index is -0.393. The van der Waals surface area contributed by atoms with Crippen molar-refractivity contribution in [1.29, 1.82) is 0 Å². The number of nitrogens with zero attached hydrogens (tertiary/aromatic N) is 2. The van der Waals surface area contributed by atoms with Gasteiger partial charge in [-0.15, -0.1) is 11.3 Å². The molecule has 30 heavy (non-hydrogen) atoms. The fourth-order valence-electron chi connectivity index (χ4n) is 3.52. The summed E-state index contributed by atoms with van der Waals surface area (Å²) >= 11 is 1.31. The summed E-state index contributed by atoms with van der Waals surface area (Å²) < 4.78 is 15.7. The van der Waals surface area contributed by atoms with Gasteiger partial charge < -0.3 is 0 Å². The Kier molecular flexibility index (Phi) is 4.48. The SMILES string of the molecule is O=c1c2ccccc2sc2nc(-c3ccc(F)cc3)n(Cc3ccccc3)c(=O)c12. The van der Waals surface area contributed by atoms with Gasteiger partial charge in [-0.3, -0.25) is 14.2 Å². The van der Waals surface area contributed by atoms with Gasteiger partial charge in [0, 0.05) is 15.6 Å². The average Bonchev–Trinajstić information content (AvgIpc) is 2.77. The Hall–Kier alpha value is -3.64. The molecule has 5 rings (SSSR count). The van der Waals surface area contributed by atoms with E-state index in [1.807, 2.05) is 42.5 Å². The molecule has 0 atom stereocenters. The first-order chi connectivity index (χ1) is 14.6. The molecule has 0 aliphatic rings. The largest absolute Gasteiger partial charge is 0.288 e. The van der Waals surface area contributed by atoms with Crippen LogP contribution < -0.4 is 11.0 Å². The second kappa shape index (κ2) is 7.31. The number of rotatable bonds is 3. The maximum Gasteiger partial charge on any atom is 0.266 e. The fraction of sp³-hybridized carbons (Fsp3) is 0.0417. The maximum absolute atomic E-state index is 13.5. The number of fused-ring (bicyclic) bond motifs is 2. The van der Waals surface area contributed by atoms with Crippen molar-refractivity contribution in [3.8, 4) is 11.4 Å². The summed E-state index contributed by atoms with van der Waals surface area (Å²) in [5.74, 6) is 0.0365. The Morgan fingerprint density at radius 1 is 0.867 bits per heavy atom. The normalized spacial score (nSPS) is 11.2. The lowest BCUT2D eigenvalue weighted by atomic mass is 10.1. The summed E-state index contributed by atoms with van der Waals surface area (Å²) in [5, 5.41) is 0.593. The van der Waals surface area contributed by atoms with Crippen molar-refractivity contribution in [2.24, 2.45) is 0 Å². The first kappa shape index (κ1) is 18.4. The molecule has 146 valence electrons. The second-order valence-electron chi connectivity index (χ2n) is 6.93. The Morgan fingerprint density at radius 3 is 2.33 bits per heavy atom. The molecule has 2 heterocycles. The maximum atomic E-state index is 13.5. The molecule has 4 nitrogen and oxygen atoms in total. The zero-order valence-corrected chi connectivity index (χ0v) is 16.5. The van der Waals surface area contributed by atoms with Crippen LogP contribution in [0.15, 0.2) is 88.5 Å². The van der Waals surface area contributed by atoms with E-state index in [1.165, 1.54) is 28.0 Å². The molecule has 0 unspecified atom stereocenters. The smallest absolute Gasteiger partial charge is 0.266 e. The van der Waals surface area contributed by atoms with Gasteiger partial charge in [0.25, 0.3) is 5.56 Å². The van der Waals surface area contributed by atoms with Crippen molar-refractivity contribution in [1.82, 2.24) is 9.55 Å². The van der Waals surface area contributed by atoms with Crippen molar-refractivity contribution < 1.29 is 4.39 Å². The molecule has 0 aliphatic carbocycles.